The van der Waals surface area contributed by atoms with Crippen LogP contribution in [0.1, 0.15) is 0 Å². The van der Waals surface area contributed by atoms with Crippen LogP contribution in [0.4, 0.5) is 0 Å². The van der Waals surface area contributed by atoms with Gasteiger partial charge in [-0.05, 0) is 12.6 Å². The molecule has 0 saturated carbocycles. The summed E-state index contributed by atoms with van der Waals surface area (Å²) in [7, 11) is 4.72. The van der Waals surface area contributed by atoms with Crippen LogP contribution in [0.5, 0.6) is 0 Å². The first kappa shape index (κ1) is 24.8. The van der Waals surface area contributed by atoms with Crippen LogP contribution in [0, 0.1) is 0 Å². The second kappa shape index (κ2) is 15.2. The minimum atomic E-state index is -2.16. The summed E-state index contributed by atoms with van der Waals surface area (Å²) in [4.78, 5) is 0. The van der Waals surface area contributed by atoms with E-state index in [9.17, 15) is 0 Å². The number of halogens is 2. The molecule has 10 heteroatoms. The molecule has 0 heterocycles. The van der Waals surface area contributed by atoms with Crippen molar-refractivity contribution in [3.63, 3.8) is 0 Å². The standard InChI is InChI=1S/2C4H11O3P.I2/c2*1-5-8(4,6-2)7-3;1-2/h2*4H2,1-3H3;. The Hall–Kier alpha value is 1.82. The molecule has 0 aromatic carbocycles. The molecule has 0 spiro atoms. The molecule has 0 fully saturated rings. The molecule has 0 aromatic rings. The van der Waals surface area contributed by atoms with Gasteiger partial charge in [-0.2, -0.15) is 0 Å². The average Bonchev–Trinajstić information content (AvgIpc) is 2.48. The molecule has 0 bridgehead atoms. The molecule has 0 rings (SSSR count). The summed E-state index contributed by atoms with van der Waals surface area (Å²) < 4.78 is 28.8. The zero-order chi connectivity index (χ0) is 15.2. The lowest BCUT2D eigenvalue weighted by Gasteiger charge is -2.16. The lowest BCUT2D eigenvalue weighted by atomic mass is 11.8. The van der Waals surface area contributed by atoms with E-state index in [0.29, 0.717) is 0 Å². The van der Waals surface area contributed by atoms with Crippen molar-refractivity contribution in [2.45, 2.75) is 0 Å². The summed E-state index contributed by atoms with van der Waals surface area (Å²) >= 11 is 4.24. The van der Waals surface area contributed by atoms with E-state index in [1.54, 1.807) is 0 Å². The molecule has 18 heavy (non-hydrogen) atoms. The molecular formula is C8H22I2O6P2. The van der Waals surface area contributed by atoms with Crippen molar-refractivity contribution in [3.05, 3.63) is 0 Å². The third kappa shape index (κ3) is 12.8. The molecule has 0 aromatic heterocycles. The first-order valence-electron chi connectivity index (χ1n) is 4.32. The third-order valence-corrected chi connectivity index (χ3v) is 5.01. The molecule has 114 valence electrons. The molecule has 0 amide bonds. The van der Waals surface area contributed by atoms with Crippen LogP contribution >= 0.6 is 52.4 Å². The van der Waals surface area contributed by atoms with Crippen molar-refractivity contribution in [2.24, 2.45) is 0 Å². The van der Waals surface area contributed by atoms with Crippen molar-refractivity contribution in [2.75, 3.05) is 42.7 Å². The second-order valence-electron chi connectivity index (χ2n) is 2.32. The van der Waals surface area contributed by atoms with Crippen molar-refractivity contribution in [3.8, 4) is 0 Å². The molecule has 0 aliphatic carbocycles. The predicted octanol–water partition coefficient (Wildman–Crippen LogP) is 4.01. The highest BCUT2D eigenvalue weighted by atomic mass is 128. The summed E-state index contributed by atoms with van der Waals surface area (Å²) in [6.07, 6.45) is 7.14. The van der Waals surface area contributed by atoms with Gasteiger partial charge in [-0.1, -0.05) is 0 Å². The third-order valence-electron chi connectivity index (χ3n) is 1.67. The molecule has 6 nitrogen and oxygen atoms in total. The predicted molar refractivity (Wildman–Crippen MR) is 98.2 cm³/mol. The summed E-state index contributed by atoms with van der Waals surface area (Å²) in [5.41, 5.74) is 0. The lowest BCUT2D eigenvalue weighted by molar-refractivity contribution is 0.233. The van der Waals surface area contributed by atoms with E-state index in [1.165, 1.54) is 42.7 Å². The van der Waals surface area contributed by atoms with Gasteiger partial charge in [-0.3, -0.25) is 0 Å². The largest absolute Gasteiger partial charge is 0.321 e. The van der Waals surface area contributed by atoms with Crippen molar-refractivity contribution < 1.29 is 27.1 Å². The van der Waals surface area contributed by atoms with E-state index in [4.69, 9.17) is 27.1 Å². The smallest absolute Gasteiger partial charge is 0.249 e. The maximum atomic E-state index is 4.79. The summed E-state index contributed by atoms with van der Waals surface area (Å²) in [5, 5.41) is 0. The molecule has 0 saturated heterocycles. The van der Waals surface area contributed by atoms with Gasteiger partial charge in [0, 0.05) is 79.9 Å². The quantitative estimate of drug-likeness (QED) is 0.383. The van der Waals surface area contributed by atoms with Gasteiger partial charge in [0.15, 0.2) is 0 Å². The van der Waals surface area contributed by atoms with Gasteiger partial charge in [0.25, 0.3) is 0 Å². The van der Waals surface area contributed by atoms with Crippen LogP contribution in [-0.4, -0.2) is 55.3 Å². The Morgan fingerprint density at radius 1 is 0.556 bits per heavy atom. The van der Waals surface area contributed by atoms with Gasteiger partial charge in [0.2, 0.25) is 15.1 Å². The Morgan fingerprint density at radius 2 is 0.667 bits per heavy atom. The first-order chi connectivity index (χ1) is 8.36. The van der Waals surface area contributed by atoms with Gasteiger partial charge in [0.1, 0.15) is 0 Å². The van der Waals surface area contributed by atoms with E-state index >= 15 is 0 Å². The maximum Gasteiger partial charge on any atom is 0.249 e. The van der Waals surface area contributed by atoms with Crippen LogP contribution in [0.2, 0.25) is 0 Å². The first-order valence-corrected chi connectivity index (χ1v) is 14.1. The highest BCUT2D eigenvalue weighted by Crippen LogP contribution is 2.46. The summed E-state index contributed by atoms with van der Waals surface area (Å²) in [6.45, 7) is 0. The van der Waals surface area contributed by atoms with Crippen LogP contribution in [0.3, 0.4) is 0 Å². The van der Waals surface area contributed by atoms with Gasteiger partial charge < -0.3 is 27.1 Å². The Morgan fingerprint density at radius 3 is 0.667 bits per heavy atom. The topological polar surface area (TPSA) is 55.4 Å². The number of rotatable bonds is 6. The van der Waals surface area contributed by atoms with E-state index in [2.05, 4.69) is 49.8 Å². The lowest BCUT2D eigenvalue weighted by Crippen LogP contribution is -1.89. The zero-order valence-corrected chi connectivity index (χ0v) is 17.6. The maximum absolute atomic E-state index is 4.79. The Balaban J connectivity index is -0.000000219. The SMILES string of the molecule is C=P(OC)(OC)OC.C=P(OC)(OC)OC.II. The molecule has 0 unspecified atom stereocenters. The van der Waals surface area contributed by atoms with E-state index in [-0.39, 0.29) is 0 Å². The molecule has 0 atom stereocenters. The van der Waals surface area contributed by atoms with E-state index < -0.39 is 15.1 Å². The molecule has 0 aliphatic heterocycles. The fraction of sp³-hybridized carbons (Fsp3) is 0.750. The second-order valence-corrected chi connectivity index (χ2v) is 6.95. The van der Waals surface area contributed by atoms with Crippen molar-refractivity contribution >= 4 is 65.0 Å². The van der Waals surface area contributed by atoms with Gasteiger partial charge in [-0.15, -0.1) is 0 Å². The highest BCUT2D eigenvalue weighted by Gasteiger charge is 2.08. The summed E-state index contributed by atoms with van der Waals surface area (Å²) in [5.74, 6) is 0. The number of hydrogen-bond donors (Lipinski definition) is 0. The highest BCUT2D eigenvalue weighted by molar-refractivity contribution is 15.0. The van der Waals surface area contributed by atoms with Crippen LogP contribution in [-0.2, 0) is 27.1 Å². The molecule has 0 N–H and O–H groups in total. The van der Waals surface area contributed by atoms with Gasteiger partial charge in [-0.25, -0.2) is 0 Å². The fourth-order valence-corrected chi connectivity index (χ4v) is 1.34. The van der Waals surface area contributed by atoms with Crippen LogP contribution in [0.25, 0.3) is 0 Å². The fourth-order valence-electron chi connectivity index (χ4n) is 0.447. The Labute approximate surface area is 134 Å². The Bertz CT molecular complexity index is 200. The molecule has 0 radical (unpaired) electrons. The van der Waals surface area contributed by atoms with Crippen LogP contribution < -0.4 is 0 Å². The van der Waals surface area contributed by atoms with Crippen molar-refractivity contribution in [1.82, 2.24) is 0 Å². The van der Waals surface area contributed by atoms with E-state index in [1.807, 2.05) is 0 Å². The zero-order valence-electron chi connectivity index (χ0n) is 11.5. The minimum absolute atomic E-state index is 1.51. The monoisotopic (exact) mass is 530 g/mol. The summed E-state index contributed by atoms with van der Waals surface area (Å²) in [6, 6.07) is 0. The molecule has 0 aliphatic rings. The minimum Gasteiger partial charge on any atom is -0.321 e. The number of hydrogen-bond acceptors (Lipinski definition) is 6. The van der Waals surface area contributed by atoms with Gasteiger partial charge >= 0.3 is 0 Å². The normalized spacial score (nSPS) is 10.9. The van der Waals surface area contributed by atoms with Gasteiger partial charge in [0.05, 0.1) is 0 Å². The average molecular weight is 530 g/mol. The molecular weight excluding hydrogens is 508 g/mol. The van der Waals surface area contributed by atoms with Crippen molar-refractivity contribution in [1.29, 1.82) is 0 Å². The van der Waals surface area contributed by atoms with E-state index in [0.717, 1.165) is 0 Å². The van der Waals surface area contributed by atoms with Crippen LogP contribution in [0.15, 0.2) is 0 Å². The Kier molecular flexibility index (Phi) is 21.0.